The number of carbonyl (C=O) groups excluding carboxylic acids is 1. The first kappa shape index (κ1) is 14.6. The minimum atomic E-state index is -0.0458. The molecule has 8 heteroatoms. The largest absolute Gasteiger partial charge is 0.382 e. The van der Waals surface area contributed by atoms with Crippen molar-refractivity contribution >= 4 is 28.2 Å². The summed E-state index contributed by atoms with van der Waals surface area (Å²) in [4.78, 5) is 21.4. The van der Waals surface area contributed by atoms with E-state index in [1.165, 1.54) is 11.3 Å². The normalized spacial score (nSPS) is 26.4. The number of morpholine rings is 1. The first-order valence-electron chi connectivity index (χ1n) is 7.22. The van der Waals surface area contributed by atoms with E-state index in [0.717, 1.165) is 24.6 Å². The lowest BCUT2D eigenvalue weighted by atomic mass is 10.2. The van der Waals surface area contributed by atoms with Gasteiger partial charge in [-0.25, -0.2) is 4.98 Å². The maximum Gasteiger partial charge on any atom is 0.268 e. The number of carbonyl (C=O) groups is 1. The van der Waals surface area contributed by atoms with Gasteiger partial charge in [-0.1, -0.05) is 11.3 Å². The lowest BCUT2D eigenvalue weighted by molar-refractivity contribution is 0.00391. The fourth-order valence-corrected chi connectivity index (χ4v) is 3.71. The number of nitrogens with zero attached hydrogens (tertiary/aromatic N) is 3. The van der Waals surface area contributed by atoms with Crippen molar-refractivity contribution in [3.63, 3.8) is 0 Å². The molecule has 1 aromatic heterocycles. The van der Waals surface area contributed by atoms with Gasteiger partial charge in [0.15, 0.2) is 5.13 Å². The average molecular weight is 311 g/mol. The highest BCUT2D eigenvalue weighted by atomic mass is 32.1. The second-order valence-electron chi connectivity index (χ2n) is 5.63. The van der Waals surface area contributed by atoms with E-state index in [1.807, 2.05) is 11.8 Å². The Balaban J connectivity index is 1.79. The van der Waals surface area contributed by atoms with Gasteiger partial charge in [-0.3, -0.25) is 4.79 Å². The van der Waals surface area contributed by atoms with Gasteiger partial charge in [0.2, 0.25) is 0 Å². The number of rotatable bonds is 2. The summed E-state index contributed by atoms with van der Waals surface area (Å²) in [5, 5.41) is 0.796. The van der Waals surface area contributed by atoms with E-state index in [-0.39, 0.29) is 18.0 Å². The van der Waals surface area contributed by atoms with Gasteiger partial charge in [0.1, 0.15) is 10.7 Å². The SMILES string of the molecule is CC1COCCN1C(=O)c1sc(N2CCC(N)C2)nc1N. The Morgan fingerprint density at radius 1 is 1.48 bits per heavy atom. The molecule has 1 aromatic rings. The van der Waals surface area contributed by atoms with E-state index < -0.39 is 0 Å². The van der Waals surface area contributed by atoms with Crippen LogP contribution < -0.4 is 16.4 Å². The summed E-state index contributed by atoms with van der Waals surface area (Å²) in [6.07, 6.45) is 0.948. The van der Waals surface area contributed by atoms with Gasteiger partial charge in [0.05, 0.1) is 19.3 Å². The topological polar surface area (TPSA) is 97.7 Å². The average Bonchev–Trinajstić information content (AvgIpc) is 3.05. The number of ether oxygens (including phenoxy) is 1. The Labute approximate surface area is 127 Å². The second-order valence-corrected chi connectivity index (χ2v) is 6.61. The van der Waals surface area contributed by atoms with Crippen LogP contribution in [0, 0.1) is 0 Å². The number of hydrogen-bond donors (Lipinski definition) is 2. The van der Waals surface area contributed by atoms with Crippen molar-refractivity contribution in [2.45, 2.75) is 25.4 Å². The molecule has 4 N–H and O–H groups in total. The van der Waals surface area contributed by atoms with E-state index >= 15 is 0 Å². The molecule has 3 rings (SSSR count). The summed E-state index contributed by atoms with van der Waals surface area (Å²) in [5.41, 5.74) is 11.9. The molecule has 2 aliphatic rings. The monoisotopic (exact) mass is 311 g/mol. The molecule has 0 saturated carbocycles. The van der Waals surface area contributed by atoms with Gasteiger partial charge in [-0.15, -0.1) is 0 Å². The van der Waals surface area contributed by atoms with Crippen LogP contribution in [0.3, 0.4) is 0 Å². The highest BCUT2D eigenvalue weighted by molar-refractivity contribution is 7.18. The summed E-state index contributed by atoms with van der Waals surface area (Å²) in [6, 6.07) is 0.241. The van der Waals surface area contributed by atoms with Crippen molar-refractivity contribution in [3.8, 4) is 0 Å². The predicted octanol–water partition coefficient (Wildman–Crippen LogP) is 0.124. The minimum absolute atomic E-state index is 0.0458. The smallest absolute Gasteiger partial charge is 0.268 e. The highest BCUT2D eigenvalue weighted by Gasteiger charge is 2.30. The van der Waals surface area contributed by atoms with Crippen LogP contribution in [-0.2, 0) is 4.74 Å². The third kappa shape index (κ3) is 2.83. The molecular weight excluding hydrogens is 290 g/mol. The first-order chi connectivity index (χ1) is 10.1. The number of nitrogens with two attached hydrogens (primary N) is 2. The standard InChI is InChI=1S/C13H21N5O2S/c1-8-7-20-5-4-18(8)12(19)10-11(15)16-13(21-10)17-3-2-9(14)6-17/h8-9H,2-7,14-15H2,1H3. The number of hydrogen-bond acceptors (Lipinski definition) is 7. The molecular formula is C13H21N5O2S. The van der Waals surface area contributed by atoms with Crippen molar-refractivity contribution in [2.24, 2.45) is 5.73 Å². The maximum atomic E-state index is 12.6. The zero-order valence-corrected chi connectivity index (χ0v) is 12.9. The van der Waals surface area contributed by atoms with Crippen LogP contribution in [0.1, 0.15) is 23.0 Å². The molecule has 21 heavy (non-hydrogen) atoms. The van der Waals surface area contributed by atoms with Gasteiger partial charge in [-0.05, 0) is 13.3 Å². The van der Waals surface area contributed by atoms with Crippen molar-refractivity contribution in [1.29, 1.82) is 0 Å². The number of anilines is 2. The lowest BCUT2D eigenvalue weighted by Crippen LogP contribution is -2.47. The molecule has 0 radical (unpaired) electrons. The molecule has 2 atom stereocenters. The molecule has 2 saturated heterocycles. The fraction of sp³-hybridized carbons (Fsp3) is 0.692. The number of aromatic nitrogens is 1. The van der Waals surface area contributed by atoms with Gasteiger partial charge in [0, 0.05) is 25.7 Å². The fourth-order valence-electron chi connectivity index (χ4n) is 2.73. The summed E-state index contributed by atoms with van der Waals surface area (Å²) >= 11 is 1.36. The molecule has 2 aliphatic heterocycles. The van der Waals surface area contributed by atoms with Crippen LogP contribution in [0.4, 0.5) is 10.9 Å². The van der Waals surface area contributed by atoms with Crippen LogP contribution in [0.5, 0.6) is 0 Å². The Morgan fingerprint density at radius 2 is 2.29 bits per heavy atom. The third-order valence-corrected chi connectivity index (χ3v) is 5.08. The van der Waals surface area contributed by atoms with Crippen LogP contribution in [0.25, 0.3) is 0 Å². The Bertz CT molecular complexity index is 535. The van der Waals surface area contributed by atoms with E-state index in [4.69, 9.17) is 16.2 Å². The van der Waals surface area contributed by atoms with Crippen molar-refractivity contribution in [3.05, 3.63) is 4.88 Å². The van der Waals surface area contributed by atoms with Gasteiger partial charge in [0.25, 0.3) is 5.91 Å². The molecule has 7 nitrogen and oxygen atoms in total. The number of nitrogen functional groups attached to an aromatic ring is 1. The van der Waals surface area contributed by atoms with Gasteiger partial charge in [-0.2, -0.15) is 0 Å². The maximum absolute atomic E-state index is 12.6. The Kier molecular flexibility index (Phi) is 4.01. The lowest BCUT2D eigenvalue weighted by Gasteiger charge is -2.32. The van der Waals surface area contributed by atoms with E-state index in [9.17, 15) is 4.79 Å². The van der Waals surface area contributed by atoms with Crippen molar-refractivity contribution in [2.75, 3.05) is 43.5 Å². The van der Waals surface area contributed by atoms with Gasteiger partial charge < -0.3 is 26.0 Å². The molecule has 2 unspecified atom stereocenters. The molecule has 2 fully saturated rings. The summed E-state index contributed by atoms with van der Waals surface area (Å²) in [6.45, 7) is 5.36. The minimum Gasteiger partial charge on any atom is -0.382 e. The highest BCUT2D eigenvalue weighted by Crippen LogP contribution is 2.31. The number of thiazole rings is 1. The first-order valence-corrected chi connectivity index (χ1v) is 8.03. The van der Waals surface area contributed by atoms with Crippen LogP contribution in [0.15, 0.2) is 0 Å². The Hall–Kier alpha value is -1.38. The van der Waals surface area contributed by atoms with Crippen molar-refractivity contribution < 1.29 is 9.53 Å². The van der Waals surface area contributed by atoms with E-state index in [2.05, 4.69) is 9.88 Å². The molecule has 0 bridgehead atoms. The predicted molar refractivity (Wildman–Crippen MR) is 82.6 cm³/mol. The van der Waals surface area contributed by atoms with Crippen LogP contribution in [0.2, 0.25) is 0 Å². The zero-order chi connectivity index (χ0) is 15.0. The molecule has 0 aromatic carbocycles. The number of amides is 1. The summed E-state index contributed by atoms with van der Waals surface area (Å²) < 4.78 is 5.37. The zero-order valence-electron chi connectivity index (χ0n) is 12.1. The van der Waals surface area contributed by atoms with E-state index in [1.54, 1.807) is 0 Å². The summed E-state index contributed by atoms with van der Waals surface area (Å²) in [7, 11) is 0. The second kappa shape index (κ2) is 5.78. The molecule has 0 aliphatic carbocycles. The van der Waals surface area contributed by atoms with E-state index in [0.29, 0.717) is 30.5 Å². The van der Waals surface area contributed by atoms with Gasteiger partial charge >= 0.3 is 0 Å². The summed E-state index contributed by atoms with van der Waals surface area (Å²) in [5.74, 6) is 0.273. The quantitative estimate of drug-likeness (QED) is 0.805. The Morgan fingerprint density at radius 3 is 2.95 bits per heavy atom. The molecule has 1 amide bonds. The molecule has 3 heterocycles. The third-order valence-electron chi connectivity index (χ3n) is 3.96. The molecule has 116 valence electrons. The van der Waals surface area contributed by atoms with Crippen LogP contribution in [-0.4, -0.2) is 60.7 Å². The van der Waals surface area contributed by atoms with Crippen LogP contribution >= 0.6 is 11.3 Å². The van der Waals surface area contributed by atoms with Crippen molar-refractivity contribution in [1.82, 2.24) is 9.88 Å². The molecule has 0 spiro atoms.